The summed E-state index contributed by atoms with van der Waals surface area (Å²) in [7, 11) is 0.836. The van der Waals surface area contributed by atoms with E-state index in [0.29, 0.717) is 5.57 Å². The molecule has 1 aliphatic rings. The molecular weight excluding hydrogens is 368 g/mol. The van der Waals surface area contributed by atoms with Crippen LogP contribution in [0.25, 0.3) is 0 Å². The Hall–Kier alpha value is -2.84. The summed E-state index contributed by atoms with van der Waals surface area (Å²) < 4.78 is 10.6. The molecule has 0 atom stereocenters. The lowest BCUT2D eigenvalue weighted by atomic mass is 9.91. The molecule has 0 spiro atoms. The molecule has 0 N–H and O–H groups in total. The lowest BCUT2D eigenvalue weighted by molar-refractivity contribution is -0.121. The zero-order chi connectivity index (χ0) is 20.9. The van der Waals surface area contributed by atoms with Gasteiger partial charge in [0.2, 0.25) is 5.78 Å². The minimum atomic E-state index is -1.93. The molecule has 4 nitrogen and oxygen atoms in total. The van der Waals surface area contributed by atoms with Gasteiger partial charge in [0, 0.05) is 5.56 Å². The number of ketones is 2. The van der Waals surface area contributed by atoms with Crippen LogP contribution < -0.4 is 0 Å². The van der Waals surface area contributed by atoms with Crippen molar-refractivity contribution in [1.82, 2.24) is 0 Å². The molecule has 1 aliphatic carbocycles. The highest BCUT2D eigenvalue weighted by Gasteiger charge is 2.40. The van der Waals surface area contributed by atoms with Crippen molar-refractivity contribution in [2.45, 2.75) is 33.0 Å². The Morgan fingerprint density at radius 2 is 1.57 bits per heavy atom. The summed E-state index contributed by atoms with van der Waals surface area (Å²) in [4.78, 5) is 26.4. The molecular formula is C23H26O4Si. The zero-order valence-corrected chi connectivity index (χ0v) is 18.3. The van der Waals surface area contributed by atoms with E-state index >= 15 is 0 Å². The minimum absolute atomic E-state index is 0.0363. The van der Waals surface area contributed by atoms with Crippen molar-refractivity contribution in [1.29, 1.82) is 0 Å². The van der Waals surface area contributed by atoms with Crippen LogP contribution in [0.5, 0.6) is 0 Å². The van der Waals surface area contributed by atoms with Crippen LogP contribution in [0.4, 0.5) is 0 Å². The number of hydrogen-bond acceptors (Lipinski definition) is 4. The monoisotopic (exact) mass is 394 g/mol. The van der Waals surface area contributed by atoms with Gasteiger partial charge in [-0.25, -0.2) is 0 Å². The van der Waals surface area contributed by atoms with Crippen LogP contribution in [0.2, 0.25) is 19.6 Å². The predicted molar refractivity (Wildman–Crippen MR) is 113 cm³/mol. The lowest BCUT2D eigenvalue weighted by Crippen LogP contribution is -2.34. The molecule has 28 heavy (non-hydrogen) atoms. The Morgan fingerprint density at radius 3 is 2.07 bits per heavy atom. The van der Waals surface area contributed by atoms with Crippen LogP contribution in [0, 0.1) is 11.8 Å². The number of benzene rings is 1. The average Bonchev–Trinajstić information content (AvgIpc) is 2.66. The van der Waals surface area contributed by atoms with Crippen molar-refractivity contribution < 1.29 is 19.1 Å². The van der Waals surface area contributed by atoms with E-state index in [0.717, 1.165) is 17.2 Å². The van der Waals surface area contributed by atoms with Gasteiger partial charge in [-0.2, -0.15) is 0 Å². The Balaban J connectivity index is 2.69. The molecule has 146 valence electrons. The molecule has 0 bridgehead atoms. The number of methoxy groups -OCH3 is 2. The molecule has 0 unspecified atom stereocenters. The van der Waals surface area contributed by atoms with Crippen LogP contribution in [0.3, 0.4) is 0 Å². The van der Waals surface area contributed by atoms with Gasteiger partial charge < -0.3 is 9.47 Å². The fourth-order valence-electron chi connectivity index (χ4n) is 3.05. The van der Waals surface area contributed by atoms with E-state index in [1.165, 1.54) is 14.2 Å². The third kappa shape index (κ3) is 4.34. The second-order valence-corrected chi connectivity index (χ2v) is 12.4. The van der Waals surface area contributed by atoms with Gasteiger partial charge >= 0.3 is 0 Å². The molecule has 5 heteroatoms. The van der Waals surface area contributed by atoms with E-state index < -0.39 is 13.9 Å². The first kappa shape index (κ1) is 21.5. The fraction of sp³-hybridized carbons (Fsp3) is 0.304. The van der Waals surface area contributed by atoms with Gasteiger partial charge in [0.1, 0.15) is 5.57 Å². The predicted octanol–water partition coefficient (Wildman–Crippen LogP) is 4.20. The summed E-state index contributed by atoms with van der Waals surface area (Å²) in [6, 6.07) is 9.31. The SMILES string of the molecule is CC/C=C(/C1=C(OC)C(=O)C(OC)=C(C#Cc2ccccc2)C1=O)[Si](C)(C)C. The summed E-state index contributed by atoms with van der Waals surface area (Å²) in [5.74, 6) is 5.03. The summed E-state index contributed by atoms with van der Waals surface area (Å²) in [5, 5.41) is 0.902. The Labute approximate surface area is 167 Å². The first-order valence-electron chi connectivity index (χ1n) is 9.20. The Bertz CT molecular complexity index is 932. The maximum atomic E-state index is 13.4. The number of carbonyl (C=O) groups is 2. The van der Waals surface area contributed by atoms with Crippen LogP contribution in [0.1, 0.15) is 18.9 Å². The van der Waals surface area contributed by atoms with Gasteiger partial charge in [-0.3, -0.25) is 9.59 Å². The highest BCUT2D eigenvalue weighted by Crippen LogP contribution is 2.34. The third-order valence-electron chi connectivity index (χ3n) is 4.32. The second-order valence-electron chi connectivity index (χ2n) is 7.37. The highest BCUT2D eigenvalue weighted by molar-refractivity contribution is 6.84. The van der Waals surface area contributed by atoms with Crippen molar-refractivity contribution in [3.8, 4) is 11.8 Å². The average molecular weight is 395 g/mol. The molecule has 1 aromatic carbocycles. The highest BCUT2D eigenvalue weighted by atomic mass is 28.3. The van der Waals surface area contributed by atoms with Gasteiger partial charge in [0.15, 0.2) is 11.5 Å². The quantitative estimate of drug-likeness (QED) is 0.427. The smallest absolute Gasteiger partial charge is 0.264 e. The largest absolute Gasteiger partial charge is 0.492 e. The van der Waals surface area contributed by atoms with Gasteiger partial charge in [-0.1, -0.05) is 62.7 Å². The number of ether oxygens (including phenoxy) is 2. The second kappa shape index (κ2) is 8.90. The number of hydrogen-bond donors (Lipinski definition) is 0. The number of carbonyl (C=O) groups excluding carboxylic acids is 2. The summed E-state index contributed by atoms with van der Waals surface area (Å²) in [6.45, 7) is 8.42. The number of allylic oxidation sites excluding steroid dienone is 4. The molecule has 0 amide bonds. The van der Waals surface area contributed by atoms with Gasteiger partial charge in [-0.05, 0) is 23.7 Å². The maximum Gasteiger partial charge on any atom is 0.264 e. The summed E-state index contributed by atoms with van der Waals surface area (Å²) in [5.41, 5.74) is 1.15. The zero-order valence-electron chi connectivity index (χ0n) is 17.3. The van der Waals surface area contributed by atoms with E-state index in [4.69, 9.17) is 9.47 Å². The van der Waals surface area contributed by atoms with Crippen molar-refractivity contribution >= 4 is 19.6 Å². The Kier molecular flexibility index (Phi) is 6.82. The van der Waals surface area contributed by atoms with E-state index in [-0.39, 0.29) is 22.9 Å². The van der Waals surface area contributed by atoms with Gasteiger partial charge in [-0.15, -0.1) is 0 Å². The van der Waals surface area contributed by atoms with Gasteiger partial charge in [0.05, 0.1) is 27.9 Å². The molecule has 0 saturated carbocycles. The van der Waals surface area contributed by atoms with Crippen LogP contribution in [0.15, 0.2) is 64.3 Å². The number of rotatable bonds is 5. The molecule has 0 saturated heterocycles. The van der Waals surface area contributed by atoms with E-state index in [2.05, 4.69) is 31.5 Å². The van der Waals surface area contributed by atoms with Crippen molar-refractivity contribution in [2.24, 2.45) is 0 Å². The van der Waals surface area contributed by atoms with E-state index in [1.54, 1.807) is 0 Å². The van der Waals surface area contributed by atoms with E-state index in [1.807, 2.05) is 43.3 Å². The first-order valence-corrected chi connectivity index (χ1v) is 12.7. The van der Waals surface area contributed by atoms with Crippen LogP contribution >= 0.6 is 0 Å². The molecule has 0 aliphatic heterocycles. The summed E-state index contributed by atoms with van der Waals surface area (Å²) in [6.07, 6.45) is 2.78. The molecule has 0 aromatic heterocycles. The van der Waals surface area contributed by atoms with Crippen molar-refractivity contribution in [2.75, 3.05) is 14.2 Å². The molecule has 1 aromatic rings. The van der Waals surface area contributed by atoms with Crippen molar-refractivity contribution in [3.63, 3.8) is 0 Å². The fourth-order valence-corrected chi connectivity index (χ4v) is 4.85. The topological polar surface area (TPSA) is 52.6 Å². The standard InChI is InChI=1S/C23H26O4Si/c1-7-11-18(28(4,5)6)19-20(24)17(15-14-16-12-9-8-10-13-16)22(26-2)21(25)23(19)27-3/h8-13H,7H2,1-6H3/b18-11-. The molecule has 0 radical (unpaired) electrons. The molecule has 2 rings (SSSR count). The third-order valence-corrected chi connectivity index (χ3v) is 6.39. The summed E-state index contributed by atoms with van der Waals surface area (Å²) >= 11 is 0. The Morgan fingerprint density at radius 1 is 0.964 bits per heavy atom. The minimum Gasteiger partial charge on any atom is -0.492 e. The van der Waals surface area contributed by atoms with Crippen LogP contribution in [-0.4, -0.2) is 33.9 Å². The first-order chi connectivity index (χ1) is 13.3. The lowest BCUT2D eigenvalue weighted by Gasteiger charge is -2.27. The van der Waals surface area contributed by atoms with E-state index in [9.17, 15) is 9.59 Å². The van der Waals surface area contributed by atoms with Crippen LogP contribution in [-0.2, 0) is 19.1 Å². The maximum absolute atomic E-state index is 13.4. The number of Topliss-reactive ketones (excluding diaryl/α,β-unsaturated/α-hetero) is 2. The normalized spacial score (nSPS) is 15.4. The van der Waals surface area contributed by atoms with Gasteiger partial charge in [0.25, 0.3) is 5.78 Å². The van der Waals surface area contributed by atoms with Crippen molar-refractivity contribution in [3.05, 3.63) is 69.8 Å². The molecule has 0 fully saturated rings. The molecule has 0 heterocycles.